The topological polar surface area (TPSA) is 62.1 Å². The maximum atomic E-state index is 12.7. The molecule has 4 nitrogen and oxygen atoms in total. The van der Waals surface area contributed by atoms with Crippen molar-refractivity contribution in [2.75, 3.05) is 5.32 Å². The van der Waals surface area contributed by atoms with Crippen molar-refractivity contribution in [3.05, 3.63) is 65.2 Å². The zero-order valence-electron chi connectivity index (χ0n) is 11.7. The van der Waals surface area contributed by atoms with Crippen molar-refractivity contribution in [2.24, 2.45) is 0 Å². The van der Waals surface area contributed by atoms with Crippen LogP contribution in [0.15, 0.2) is 48.5 Å². The molecule has 0 atom stereocenters. The Hall–Kier alpha value is -3.01. The van der Waals surface area contributed by atoms with Crippen LogP contribution < -0.4 is 5.32 Å². The lowest BCUT2D eigenvalue weighted by atomic mass is 10.1. The first-order chi connectivity index (χ1) is 10.9. The van der Waals surface area contributed by atoms with Crippen molar-refractivity contribution >= 4 is 11.8 Å². The Morgan fingerprint density at radius 1 is 1.17 bits per heavy atom. The molecule has 2 aromatic carbocycles. The Kier molecular flexibility index (Phi) is 4.86. The molecule has 0 aliphatic heterocycles. The summed E-state index contributed by atoms with van der Waals surface area (Å²) in [4.78, 5) is 11.6. The molecule has 0 heterocycles. The first kappa shape index (κ1) is 16.4. The summed E-state index contributed by atoms with van der Waals surface area (Å²) in [6, 6.07) is 13.1. The molecule has 1 amide bonds. The number of carbonyl (C=O) groups is 1. The van der Waals surface area contributed by atoms with Crippen molar-refractivity contribution in [3.8, 4) is 6.07 Å². The van der Waals surface area contributed by atoms with Crippen molar-refractivity contribution in [1.82, 2.24) is 0 Å². The predicted molar refractivity (Wildman–Crippen MR) is 76.4 cm³/mol. The number of nitrogens with zero attached hydrogens (tertiary/aromatic N) is 1. The van der Waals surface area contributed by atoms with Crippen molar-refractivity contribution in [2.45, 2.75) is 12.8 Å². The summed E-state index contributed by atoms with van der Waals surface area (Å²) in [6.07, 6.45) is -5.45. The molecule has 23 heavy (non-hydrogen) atoms. The first-order valence-electron chi connectivity index (χ1n) is 6.49. The molecule has 0 radical (unpaired) electrons. The van der Waals surface area contributed by atoms with Gasteiger partial charge in [0.05, 0.1) is 17.2 Å². The maximum Gasteiger partial charge on any atom is 0.417 e. The van der Waals surface area contributed by atoms with E-state index >= 15 is 0 Å². The van der Waals surface area contributed by atoms with E-state index in [-0.39, 0.29) is 12.3 Å². The van der Waals surface area contributed by atoms with Crippen LogP contribution in [0.1, 0.15) is 16.7 Å². The van der Waals surface area contributed by atoms with Crippen LogP contribution in [-0.4, -0.2) is 6.09 Å². The normalized spacial score (nSPS) is 10.7. The minimum absolute atomic E-state index is 0.0262. The number of hydrogen-bond donors (Lipinski definition) is 1. The number of hydrogen-bond acceptors (Lipinski definition) is 3. The number of nitrogens with one attached hydrogen (secondary N) is 1. The van der Waals surface area contributed by atoms with Crippen LogP contribution in [0, 0.1) is 11.3 Å². The van der Waals surface area contributed by atoms with E-state index in [0.29, 0.717) is 0 Å². The largest absolute Gasteiger partial charge is 0.444 e. The highest BCUT2D eigenvalue weighted by Gasteiger charge is 2.33. The SMILES string of the molecule is N#Cc1cc(NC(=O)OCc2ccccc2)ccc1C(F)(F)F. The highest BCUT2D eigenvalue weighted by Crippen LogP contribution is 2.33. The third kappa shape index (κ3) is 4.48. The molecule has 1 N–H and O–H groups in total. The zero-order valence-corrected chi connectivity index (χ0v) is 11.7. The van der Waals surface area contributed by atoms with Crippen LogP contribution >= 0.6 is 0 Å². The summed E-state index contributed by atoms with van der Waals surface area (Å²) in [5.74, 6) is 0. The summed E-state index contributed by atoms with van der Waals surface area (Å²) in [7, 11) is 0. The summed E-state index contributed by atoms with van der Waals surface area (Å²) in [6.45, 7) is 0.0262. The summed E-state index contributed by atoms with van der Waals surface area (Å²) in [5, 5.41) is 11.1. The van der Waals surface area contributed by atoms with Gasteiger partial charge in [-0.1, -0.05) is 30.3 Å². The predicted octanol–water partition coefficient (Wildman–Crippen LogP) is 4.33. The monoisotopic (exact) mass is 320 g/mol. The number of benzene rings is 2. The molecule has 0 fully saturated rings. The first-order valence-corrected chi connectivity index (χ1v) is 6.49. The molecular formula is C16H11F3N2O2. The molecule has 0 saturated carbocycles. The third-order valence-corrected chi connectivity index (χ3v) is 2.90. The molecule has 2 aromatic rings. The van der Waals surface area contributed by atoms with Gasteiger partial charge >= 0.3 is 12.3 Å². The van der Waals surface area contributed by atoms with E-state index in [1.54, 1.807) is 24.3 Å². The van der Waals surface area contributed by atoms with Crippen LogP contribution in [0.3, 0.4) is 0 Å². The van der Waals surface area contributed by atoms with Crippen molar-refractivity contribution in [1.29, 1.82) is 5.26 Å². The fourth-order valence-corrected chi connectivity index (χ4v) is 1.84. The second-order valence-corrected chi connectivity index (χ2v) is 4.56. The third-order valence-electron chi connectivity index (χ3n) is 2.90. The Labute approximate surface area is 130 Å². The molecule has 0 unspecified atom stereocenters. The summed E-state index contributed by atoms with van der Waals surface area (Å²) >= 11 is 0. The lowest BCUT2D eigenvalue weighted by molar-refractivity contribution is -0.137. The molecule has 0 aliphatic rings. The second-order valence-electron chi connectivity index (χ2n) is 4.56. The smallest absolute Gasteiger partial charge is 0.417 e. The van der Waals surface area contributed by atoms with Gasteiger partial charge in [-0.05, 0) is 23.8 Å². The number of nitriles is 1. The van der Waals surface area contributed by atoms with Gasteiger partial charge in [0.2, 0.25) is 0 Å². The van der Waals surface area contributed by atoms with E-state index in [2.05, 4.69) is 5.32 Å². The number of anilines is 1. The minimum Gasteiger partial charge on any atom is -0.444 e. The van der Waals surface area contributed by atoms with Crippen LogP contribution in [0.2, 0.25) is 0 Å². The minimum atomic E-state index is -4.63. The Balaban J connectivity index is 2.03. The molecule has 0 bridgehead atoms. The summed E-state index contributed by atoms with van der Waals surface area (Å²) < 4.78 is 43.0. The molecule has 0 spiro atoms. The number of ether oxygens (including phenoxy) is 1. The fraction of sp³-hybridized carbons (Fsp3) is 0.125. The lowest BCUT2D eigenvalue weighted by Crippen LogP contribution is -2.14. The van der Waals surface area contributed by atoms with E-state index < -0.39 is 23.4 Å². The number of amides is 1. The van der Waals surface area contributed by atoms with E-state index in [1.807, 2.05) is 6.07 Å². The van der Waals surface area contributed by atoms with E-state index in [9.17, 15) is 18.0 Å². The van der Waals surface area contributed by atoms with Crippen LogP contribution in [0.25, 0.3) is 0 Å². The number of rotatable bonds is 3. The van der Waals surface area contributed by atoms with Crippen LogP contribution in [0.5, 0.6) is 0 Å². The fourth-order valence-electron chi connectivity index (χ4n) is 1.84. The molecule has 0 aromatic heterocycles. The lowest BCUT2D eigenvalue weighted by Gasteiger charge is -2.11. The van der Waals surface area contributed by atoms with Gasteiger partial charge in [0.15, 0.2) is 0 Å². The Bertz CT molecular complexity index is 737. The van der Waals surface area contributed by atoms with E-state index in [0.717, 1.165) is 23.8 Å². The summed E-state index contributed by atoms with van der Waals surface area (Å²) in [5.41, 5.74) is -0.804. The Morgan fingerprint density at radius 2 is 1.87 bits per heavy atom. The zero-order chi connectivity index (χ0) is 16.9. The number of halogens is 3. The van der Waals surface area contributed by atoms with Crippen LogP contribution in [0.4, 0.5) is 23.7 Å². The van der Waals surface area contributed by atoms with Gasteiger partial charge in [-0.3, -0.25) is 5.32 Å². The van der Waals surface area contributed by atoms with Crippen molar-refractivity contribution in [3.63, 3.8) is 0 Å². The van der Waals surface area contributed by atoms with Crippen molar-refractivity contribution < 1.29 is 22.7 Å². The quantitative estimate of drug-likeness (QED) is 0.916. The molecule has 118 valence electrons. The van der Waals surface area contributed by atoms with Gasteiger partial charge in [-0.25, -0.2) is 4.79 Å². The standard InChI is InChI=1S/C16H11F3N2O2/c17-16(18,19)14-7-6-13(8-12(14)9-20)21-15(22)23-10-11-4-2-1-3-5-11/h1-8H,10H2,(H,21,22). The van der Waals surface area contributed by atoms with Crippen LogP contribution in [-0.2, 0) is 17.5 Å². The molecule has 2 rings (SSSR count). The van der Waals surface area contributed by atoms with Gasteiger partial charge in [0.1, 0.15) is 6.61 Å². The van der Waals surface area contributed by atoms with Gasteiger partial charge < -0.3 is 4.74 Å². The van der Waals surface area contributed by atoms with E-state index in [4.69, 9.17) is 10.00 Å². The average Bonchev–Trinajstić information content (AvgIpc) is 2.52. The molecule has 7 heteroatoms. The highest BCUT2D eigenvalue weighted by molar-refractivity contribution is 5.85. The van der Waals surface area contributed by atoms with Gasteiger partial charge in [0, 0.05) is 5.69 Å². The number of carbonyl (C=O) groups excluding carboxylic acids is 1. The molecule has 0 saturated heterocycles. The molecule has 0 aliphatic carbocycles. The van der Waals surface area contributed by atoms with E-state index in [1.165, 1.54) is 6.07 Å². The van der Waals surface area contributed by atoms with Gasteiger partial charge in [-0.15, -0.1) is 0 Å². The Morgan fingerprint density at radius 3 is 2.48 bits per heavy atom. The number of alkyl halides is 3. The average molecular weight is 320 g/mol. The van der Waals surface area contributed by atoms with Gasteiger partial charge in [0.25, 0.3) is 0 Å². The van der Waals surface area contributed by atoms with Gasteiger partial charge in [-0.2, -0.15) is 18.4 Å². The molecular weight excluding hydrogens is 309 g/mol. The second kappa shape index (κ2) is 6.83. The highest BCUT2D eigenvalue weighted by atomic mass is 19.4. The maximum absolute atomic E-state index is 12.7.